The third-order valence-electron chi connectivity index (χ3n) is 1.55. The van der Waals surface area contributed by atoms with Crippen LogP contribution < -0.4 is 5.73 Å². The van der Waals surface area contributed by atoms with Gasteiger partial charge in [-0.1, -0.05) is 12.1 Å². The number of carbonyl (C=O) groups is 1. The molecule has 0 bridgehead atoms. The van der Waals surface area contributed by atoms with Crippen LogP contribution in [0.2, 0.25) is 1.41 Å². The standard InChI is InChI=1S/C9H10INO/c10-8-4-1-7(2-5-8)3-6-9(11)12/h1-2,4-5H,3,6H2,(H2,11,12)/i/hD. The van der Waals surface area contributed by atoms with Crippen molar-refractivity contribution in [3.05, 3.63) is 33.4 Å². The lowest BCUT2D eigenvalue weighted by Crippen LogP contribution is -2.11. The molecule has 0 spiro atoms. The van der Waals surface area contributed by atoms with Gasteiger partial charge >= 0.3 is 0 Å². The van der Waals surface area contributed by atoms with Crippen molar-refractivity contribution in [2.24, 2.45) is 5.73 Å². The molecule has 0 radical (unpaired) electrons. The van der Waals surface area contributed by atoms with Crippen molar-refractivity contribution < 1.29 is 6.21 Å². The van der Waals surface area contributed by atoms with E-state index in [1.54, 1.807) is 0 Å². The second-order valence-electron chi connectivity index (χ2n) is 2.55. The van der Waals surface area contributed by atoms with E-state index in [9.17, 15) is 4.79 Å². The number of carbonyl (C=O) groups excluding carboxylic acids is 1. The van der Waals surface area contributed by atoms with Crippen LogP contribution in [0.4, 0.5) is 0 Å². The normalized spacial score (nSPS) is 10.6. The highest BCUT2D eigenvalue weighted by Gasteiger charge is 1.96. The van der Waals surface area contributed by atoms with Gasteiger partial charge in [-0.05, 0) is 46.7 Å². The number of benzene rings is 1. The molecule has 2 nitrogen and oxygen atoms in total. The highest BCUT2D eigenvalue weighted by molar-refractivity contribution is 14.1. The predicted octanol–water partition coefficient (Wildman–Crippen LogP) is 1.71. The molecule has 0 saturated heterocycles. The minimum Gasteiger partial charge on any atom is -0.370 e. The second-order valence-corrected chi connectivity index (χ2v) is 3.80. The van der Waals surface area contributed by atoms with E-state index in [2.05, 4.69) is 22.6 Å². The maximum Gasteiger partial charge on any atom is 0.217 e. The fraction of sp³-hybridized carbons (Fsp3) is 0.222. The minimum atomic E-state index is -0.237. The maximum absolute atomic E-state index is 10.8. The van der Waals surface area contributed by atoms with Gasteiger partial charge in [0.25, 0.3) is 0 Å². The number of amides is 1. The Kier molecular flexibility index (Phi) is 2.98. The molecule has 0 aliphatic rings. The van der Waals surface area contributed by atoms with Crippen LogP contribution in [0, 0.1) is 3.57 Å². The van der Waals surface area contributed by atoms with Crippen LogP contribution in [0.5, 0.6) is 0 Å². The van der Waals surface area contributed by atoms with Gasteiger partial charge in [0.1, 0.15) is 0 Å². The number of primary amides is 1. The van der Waals surface area contributed by atoms with Crippen LogP contribution >= 0.6 is 22.6 Å². The van der Waals surface area contributed by atoms with E-state index in [0.717, 1.165) is 5.56 Å². The maximum atomic E-state index is 10.8. The molecule has 0 aromatic heterocycles. The number of rotatable bonds is 3. The lowest BCUT2D eigenvalue weighted by atomic mass is 10.1. The van der Waals surface area contributed by atoms with Crippen LogP contribution in [0.3, 0.4) is 0 Å². The molecule has 0 aliphatic heterocycles. The number of nitrogens with two attached hydrogens (primary N) is 1. The van der Waals surface area contributed by atoms with Crippen LogP contribution in [0.1, 0.15) is 12.0 Å². The molecular formula is C9H10INO. The average molecular weight is 276 g/mol. The minimum absolute atomic E-state index is 0.237. The molecule has 0 aliphatic carbocycles. The van der Waals surface area contributed by atoms with Crippen molar-refractivity contribution in [3.63, 3.8) is 0 Å². The Labute approximate surface area is 86.8 Å². The van der Waals surface area contributed by atoms with E-state index in [4.69, 9.17) is 1.41 Å². The summed E-state index contributed by atoms with van der Waals surface area (Å²) < 4.78 is 7.79. The fourth-order valence-corrected chi connectivity index (χ4v) is 1.27. The smallest absolute Gasteiger partial charge is 0.217 e. The molecule has 0 unspecified atom stereocenters. The summed E-state index contributed by atoms with van der Waals surface area (Å²) in [5.74, 6) is -0.237. The summed E-state index contributed by atoms with van der Waals surface area (Å²) in [5, 5.41) is 0. The number of hydrogen-bond donors (Lipinski definition) is 1. The van der Waals surface area contributed by atoms with E-state index < -0.39 is 0 Å². The van der Waals surface area contributed by atoms with Gasteiger partial charge in [0.2, 0.25) is 5.91 Å². The van der Waals surface area contributed by atoms with Crippen molar-refractivity contribution in [1.29, 1.82) is 0 Å². The van der Waals surface area contributed by atoms with Gasteiger partial charge in [-0.3, -0.25) is 4.79 Å². The molecule has 1 aromatic carbocycles. The number of halogens is 1. The molecular weight excluding hydrogens is 265 g/mol. The summed E-state index contributed by atoms with van der Waals surface area (Å²) in [4.78, 5) is 10.8. The van der Waals surface area contributed by atoms with E-state index in [0.29, 0.717) is 12.8 Å². The van der Waals surface area contributed by atoms with Gasteiger partial charge in [-0.25, -0.2) is 0 Å². The van der Waals surface area contributed by atoms with Crippen LogP contribution in [0.25, 0.3) is 0 Å². The Hall–Kier alpha value is -0.580. The van der Waals surface area contributed by atoms with Gasteiger partial charge in [0.15, 0.2) is 1.41 Å². The van der Waals surface area contributed by atoms with Gasteiger partial charge in [-0.15, -0.1) is 0 Å². The number of hydrogen-bond acceptors (Lipinski definition) is 1. The van der Waals surface area contributed by atoms with Crippen molar-refractivity contribution in [2.45, 2.75) is 12.8 Å². The zero-order valence-electron chi connectivity index (χ0n) is 7.51. The highest BCUT2D eigenvalue weighted by atomic mass is 127. The first-order chi connectivity index (χ1) is 6.22. The molecule has 2 N–H and O–H groups in total. The largest absolute Gasteiger partial charge is 0.370 e. The SMILES string of the molecule is [2H]NC(=O)CCc1ccc(I)cc1. The first-order valence-corrected chi connectivity index (χ1v) is 4.75. The summed E-state index contributed by atoms with van der Waals surface area (Å²) in [6.45, 7) is 0. The second kappa shape index (κ2) is 4.45. The molecule has 0 heterocycles. The van der Waals surface area contributed by atoms with E-state index in [1.807, 2.05) is 30.0 Å². The molecule has 0 saturated carbocycles. The molecule has 64 valence electrons. The number of aryl methyl sites for hydroxylation is 1. The van der Waals surface area contributed by atoms with E-state index in [-0.39, 0.29) is 5.91 Å². The first-order valence-electron chi connectivity index (χ1n) is 4.17. The lowest BCUT2D eigenvalue weighted by molar-refractivity contribution is -0.117. The summed E-state index contributed by atoms with van der Waals surface area (Å²) >= 11 is 2.24. The summed E-state index contributed by atoms with van der Waals surface area (Å²) in [5.41, 5.74) is 2.98. The lowest BCUT2D eigenvalue weighted by Gasteiger charge is -1.98. The van der Waals surface area contributed by atoms with Crippen molar-refractivity contribution in [3.8, 4) is 0 Å². The van der Waals surface area contributed by atoms with Gasteiger partial charge in [0, 0.05) is 9.99 Å². The van der Waals surface area contributed by atoms with Gasteiger partial charge in [0.05, 0.1) is 0 Å². The molecule has 0 fully saturated rings. The monoisotopic (exact) mass is 276 g/mol. The van der Waals surface area contributed by atoms with E-state index >= 15 is 0 Å². The van der Waals surface area contributed by atoms with Crippen LogP contribution in [-0.2, 0) is 11.2 Å². The average Bonchev–Trinajstić information content (AvgIpc) is 2.16. The Morgan fingerprint density at radius 2 is 2.17 bits per heavy atom. The Balaban J connectivity index is 2.46. The summed E-state index contributed by atoms with van der Waals surface area (Å²) in [7, 11) is 0. The fourth-order valence-electron chi connectivity index (χ4n) is 0.909. The molecule has 1 rings (SSSR count). The van der Waals surface area contributed by atoms with Crippen molar-refractivity contribution in [1.82, 2.24) is 0 Å². The molecule has 3 heteroatoms. The Bertz CT molecular complexity index is 286. The zero-order chi connectivity index (χ0) is 9.68. The summed E-state index contributed by atoms with van der Waals surface area (Å²) in [6.07, 6.45) is 1.08. The zero-order valence-corrected chi connectivity index (χ0v) is 8.67. The van der Waals surface area contributed by atoms with Crippen molar-refractivity contribution >= 4 is 28.5 Å². The highest BCUT2D eigenvalue weighted by Crippen LogP contribution is 2.08. The van der Waals surface area contributed by atoms with Crippen LogP contribution in [0.15, 0.2) is 24.3 Å². The van der Waals surface area contributed by atoms with Gasteiger partial charge < -0.3 is 5.73 Å². The Morgan fingerprint density at radius 1 is 1.50 bits per heavy atom. The summed E-state index contributed by atoms with van der Waals surface area (Å²) in [6, 6.07) is 8.01. The molecule has 0 atom stereocenters. The van der Waals surface area contributed by atoms with Crippen molar-refractivity contribution in [2.75, 3.05) is 0 Å². The Morgan fingerprint density at radius 3 is 2.75 bits per heavy atom. The molecule has 1 aromatic rings. The third-order valence-corrected chi connectivity index (χ3v) is 2.27. The van der Waals surface area contributed by atoms with Crippen LogP contribution in [-0.4, -0.2) is 5.91 Å². The van der Waals surface area contributed by atoms with E-state index in [1.165, 1.54) is 3.57 Å². The third kappa shape index (κ3) is 3.21. The van der Waals surface area contributed by atoms with Gasteiger partial charge in [-0.2, -0.15) is 0 Å². The topological polar surface area (TPSA) is 43.1 Å². The quantitative estimate of drug-likeness (QED) is 0.839. The molecule has 12 heavy (non-hydrogen) atoms. The molecule has 1 amide bonds. The predicted molar refractivity (Wildman–Crippen MR) is 56.7 cm³/mol. The first kappa shape index (κ1) is 8.04.